The van der Waals surface area contributed by atoms with E-state index in [2.05, 4.69) is 57.2 Å². The molecule has 1 heterocycles. The molecular formula is C20H24IN3O2. The van der Waals surface area contributed by atoms with Crippen LogP contribution in [0.3, 0.4) is 0 Å². The Kier molecular flexibility index (Phi) is 6.37. The van der Waals surface area contributed by atoms with Gasteiger partial charge in [-0.2, -0.15) is 0 Å². The zero-order valence-electron chi connectivity index (χ0n) is 15.1. The van der Waals surface area contributed by atoms with Crippen molar-refractivity contribution in [3.8, 4) is 0 Å². The molecule has 3 rings (SSSR count). The quantitative estimate of drug-likeness (QED) is 0.659. The van der Waals surface area contributed by atoms with Gasteiger partial charge in [0.1, 0.15) is 6.04 Å². The average Bonchev–Trinajstić information content (AvgIpc) is 2.66. The van der Waals surface area contributed by atoms with Crippen molar-refractivity contribution in [2.75, 3.05) is 41.8 Å². The van der Waals surface area contributed by atoms with Crippen molar-refractivity contribution < 1.29 is 9.53 Å². The Morgan fingerprint density at radius 2 is 1.77 bits per heavy atom. The number of nitrogens with zero attached hydrogens (tertiary/aromatic N) is 1. The van der Waals surface area contributed by atoms with Gasteiger partial charge in [-0.05, 0) is 78.4 Å². The summed E-state index contributed by atoms with van der Waals surface area (Å²) in [6, 6.07) is 13.8. The highest BCUT2D eigenvalue weighted by molar-refractivity contribution is 14.1. The molecule has 0 bridgehead atoms. The Labute approximate surface area is 168 Å². The molecule has 0 aromatic heterocycles. The number of morpholine rings is 1. The lowest BCUT2D eigenvalue weighted by atomic mass is 10.2. The van der Waals surface area contributed by atoms with E-state index in [9.17, 15) is 4.79 Å². The summed E-state index contributed by atoms with van der Waals surface area (Å²) in [5, 5.41) is 6.23. The first-order chi connectivity index (χ1) is 12.5. The number of rotatable bonds is 5. The molecule has 0 aliphatic carbocycles. The third kappa shape index (κ3) is 4.88. The summed E-state index contributed by atoms with van der Waals surface area (Å²) in [5.74, 6) is -0.0558. The van der Waals surface area contributed by atoms with E-state index in [4.69, 9.17) is 4.74 Å². The van der Waals surface area contributed by atoms with Gasteiger partial charge in [0, 0.05) is 33.7 Å². The monoisotopic (exact) mass is 465 g/mol. The van der Waals surface area contributed by atoms with E-state index in [0.29, 0.717) is 0 Å². The van der Waals surface area contributed by atoms with Crippen LogP contribution in [-0.2, 0) is 9.53 Å². The van der Waals surface area contributed by atoms with Crippen LogP contribution in [0.5, 0.6) is 0 Å². The van der Waals surface area contributed by atoms with E-state index in [1.165, 1.54) is 9.13 Å². The molecule has 1 saturated heterocycles. The minimum atomic E-state index is -0.326. The number of nitrogens with one attached hydrogen (secondary N) is 2. The Morgan fingerprint density at radius 3 is 2.42 bits per heavy atom. The van der Waals surface area contributed by atoms with Crippen LogP contribution < -0.4 is 15.5 Å². The summed E-state index contributed by atoms with van der Waals surface area (Å²) in [7, 11) is 0. The molecular weight excluding hydrogens is 441 g/mol. The smallest absolute Gasteiger partial charge is 0.246 e. The molecule has 1 aliphatic heterocycles. The number of ether oxygens (including phenoxy) is 1. The molecule has 2 aromatic carbocycles. The molecule has 0 spiro atoms. The summed E-state index contributed by atoms with van der Waals surface area (Å²) in [6.07, 6.45) is 0. The van der Waals surface area contributed by atoms with Gasteiger partial charge >= 0.3 is 0 Å². The fourth-order valence-corrected chi connectivity index (χ4v) is 3.34. The number of carbonyl (C=O) groups excluding carboxylic acids is 1. The topological polar surface area (TPSA) is 53.6 Å². The lowest BCUT2D eigenvalue weighted by Gasteiger charge is -2.29. The summed E-state index contributed by atoms with van der Waals surface area (Å²) in [4.78, 5) is 14.7. The second-order valence-electron chi connectivity index (χ2n) is 6.47. The van der Waals surface area contributed by atoms with Gasteiger partial charge in [0.25, 0.3) is 0 Å². The molecule has 2 N–H and O–H groups in total. The third-order valence-electron chi connectivity index (χ3n) is 4.46. The molecule has 1 amide bonds. The van der Waals surface area contributed by atoms with Crippen LogP contribution in [-0.4, -0.2) is 38.3 Å². The van der Waals surface area contributed by atoms with Gasteiger partial charge in [0.15, 0.2) is 0 Å². The highest BCUT2D eigenvalue weighted by Crippen LogP contribution is 2.20. The minimum absolute atomic E-state index is 0.0558. The van der Waals surface area contributed by atoms with Crippen molar-refractivity contribution in [2.24, 2.45) is 0 Å². The van der Waals surface area contributed by atoms with Crippen molar-refractivity contribution in [1.82, 2.24) is 0 Å². The Hall–Kier alpha value is -1.80. The molecule has 1 unspecified atom stereocenters. The van der Waals surface area contributed by atoms with Gasteiger partial charge in [0.05, 0.1) is 13.2 Å². The number of carbonyl (C=O) groups is 1. The van der Waals surface area contributed by atoms with Crippen LogP contribution in [0.2, 0.25) is 0 Å². The first kappa shape index (κ1) is 19.0. The fraction of sp³-hybridized carbons (Fsp3) is 0.350. The lowest BCUT2D eigenvalue weighted by molar-refractivity contribution is -0.116. The molecule has 138 valence electrons. The van der Waals surface area contributed by atoms with E-state index in [0.717, 1.165) is 43.4 Å². The average molecular weight is 465 g/mol. The zero-order chi connectivity index (χ0) is 18.5. The first-order valence-electron chi connectivity index (χ1n) is 8.79. The van der Waals surface area contributed by atoms with Gasteiger partial charge in [-0.25, -0.2) is 0 Å². The number of hydrogen-bond acceptors (Lipinski definition) is 4. The van der Waals surface area contributed by atoms with E-state index in [-0.39, 0.29) is 11.9 Å². The molecule has 2 aromatic rings. The van der Waals surface area contributed by atoms with Crippen molar-refractivity contribution >= 4 is 45.6 Å². The van der Waals surface area contributed by atoms with Gasteiger partial charge in [-0.15, -0.1) is 0 Å². The first-order valence-corrected chi connectivity index (χ1v) is 9.87. The second-order valence-corrected chi connectivity index (χ2v) is 7.63. The number of aryl methyl sites for hydroxylation is 1. The zero-order valence-corrected chi connectivity index (χ0v) is 17.2. The maximum Gasteiger partial charge on any atom is 0.246 e. The maximum absolute atomic E-state index is 12.5. The molecule has 1 aliphatic rings. The second kappa shape index (κ2) is 8.73. The van der Waals surface area contributed by atoms with Gasteiger partial charge in [-0.3, -0.25) is 4.79 Å². The predicted molar refractivity (Wildman–Crippen MR) is 115 cm³/mol. The highest BCUT2D eigenvalue weighted by Gasteiger charge is 2.14. The molecule has 1 fully saturated rings. The molecule has 1 atom stereocenters. The SMILES string of the molecule is Cc1ccc(NC(C)C(=O)Nc2ccc(N3CCOCC3)cc2)cc1I. The standard InChI is InChI=1S/C20H24IN3O2/c1-14-3-4-17(13-19(14)21)22-15(2)20(25)23-16-5-7-18(8-6-16)24-9-11-26-12-10-24/h3-8,13,15,22H,9-12H2,1-2H3,(H,23,25). The summed E-state index contributed by atoms with van der Waals surface area (Å²) in [6.45, 7) is 7.27. The highest BCUT2D eigenvalue weighted by atomic mass is 127. The largest absolute Gasteiger partial charge is 0.378 e. The van der Waals surface area contributed by atoms with Crippen molar-refractivity contribution in [2.45, 2.75) is 19.9 Å². The number of amides is 1. The van der Waals surface area contributed by atoms with Crippen LogP contribution in [0.4, 0.5) is 17.1 Å². The van der Waals surface area contributed by atoms with Gasteiger partial charge in [-0.1, -0.05) is 6.07 Å². The maximum atomic E-state index is 12.5. The summed E-state index contributed by atoms with van der Waals surface area (Å²) < 4.78 is 6.56. The van der Waals surface area contributed by atoms with E-state index in [1.54, 1.807) is 0 Å². The molecule has 0 radical (unpaired) electrons. The van der Waals surface area contributed by atoms with E-state index >= 15 is 0 Å². The van der Waals surface area contributed by atoms with Crippen LogP contribution in [0, 0.1) is 10.5 Å². The van der Waals surface area contributed by atoms with E-state index in [1.807, 2.05) is 37.3 Å². The van der Waals surface area contributed by atoms with Crippen molar-refractivity contribution in [1.29, 1.82) is 0 Å². The molecule has 6 heteroatoms. The van der Waals surface area contributed by atoms with E-state index < -0.39 is 0 Å². The van der Waals surface area contributed by atoms with Gasteiger partial charge in [0.2, 0.25) is 5.91 Å². The van der Waals surface area contributed by atoms with Crippen LogP contribution in [0.1, 0.15) is 12.5 Å². The van der Waals surface area contributed by atoms with Gasteiger partial charge < -0.3 is 20.3 Å². The normalized spacial score (nSPS) is 15.4. The predicted octanol–water partition coefficient (Wildman–Crippen LogP) is 3.88. The number of halogens is 1. The molecule has 26 heavy (non-hydrogen) atoms. The number of hydrogen-bond donors (Lipinski definition) is 2. The van der Waals surface area contributed by atoms with Crippen molar-refractivity contribution in [3.63, 3.8) is 0 Å². The minimum Gasteiger partial charge on any atom is -0.378 e. The lowest BCUT2D eigenvalue weighted by Crippen LogP contribution is -2.36. The van der Waals surface area contributed by atoms with Crippen LogP contribution >= 0.6 is 22.6 Å². The molecule has 5 nitrogen and oxygen atoms in total. The third-order valence-corrected chi connectivity index (χ3v) is 5.62. The Morgan fingerprint density at radius 1 is 1.12 bits per heavy atom. The number of anilines is 3. The van der Waals surface area contributed by atoms with Crippen LogP contribution in [0.15, 0.2) is 42.5 Å². The summed E-state index contributed by atoms with van der Waals surface area (Å²) >= 11 is 2.30. The Bertz CT molecular complexity index is 758. The fourth-order valence-electron chi connectivity index (χ4n) is 2.83. The number of benzene rings is 2. The molecule has 0 saturated carbocycles. The summed E-state index contributed by atoms with van der Waals surface area (Å²) in [5.41, 5.74) is 4.14. The van der Waals surface area contributed by atoms with Crippen molar-refractivity contribution in [3.05, 3.63) is 51.6 Å². The van der Waals surface area contributed by atoms with Crippen LogP contribution in [0.25, 0.3) is 0 Å². The Balaban J connectivity index is 1.57.